The first-order valence-corrected chi connectivity index (χ1v) is 8.54. The van der Waals surface area contributed by atoms with E-state index in [1.165, 1.54) is 6.92 Å². The topological polar surface area (TPSA) is 124 Å². The Balaban J connectivity index is 1.99. The van der Waals surface area contributed by atoms with Crippen LogP contribution in [0.15, 0.2) is 32.7 Å². The molecule has 0 saturated heterocycles. The van der Waals surface area contributed by atoms with Gasteiger partial charge in [0.25, 0.3) is 15.6 Å². The molecule has 3 rings (SSSR count). The lowest BCUT2D eigenvalue weighted by Gasteiger charge is -2.18. The van der Waals surface area contributed by atoms with Gasteiger partial charge in [-0.2, -0.15) is 0 Å². The minimum atomic E-state index is -4.10. The van der Waals surface area contributed by atoms with Gasteiger partial charge in [-0.25, -0.2) is 13.2 Å². The van der Waals surface area contributed by atoms with Gasteiger partial charge >= 0.3 is 5.69 Å². The van der Waals surface area contributed by atoms with Crippen molar-refractivity contribution in [3.63, 3.8) is 0 Å². The molecule has 1 aliphatic rings. The van der Waals surface area contributed by atoms with E-state index in [0.29, 0.717) is 5.69 Å². The molecule has 0 spiro atoms. The van der Waals surface area contributed by atoms with Crippen molar-refractivity contribution in [1.29, 1.82) is 0 Å². The highest BCUT2D eigenvalue weighted by molar-refractivity contribution is 7.92. The summed E-state index contributed by atoms with van der Waals surface area (Å²) in [7, 11) is -4.10. The van der Waals surface area contributed by atoms with Crippen molar-refractivity contribution in [1.82, 2.24) is 15.3 Å². The maximum Gasteiger partial charge on any atom is 0.325 e. The highest BCUT2D eigenvalue weighted by atomic mass is 32.2. The maximum atomic E-state index is 12.5. The highest BCUT2D eigenvalue weighted by Crippen LogP contribution is 2.21. The van der Waals surface area contributed by atoms with Gasteiger partial charge in [0.05, 0.1) is 0 Å². The van der Waals surface area contributed by atoms with Crippen LogP contribution in [0.3, 0.4) is 0 Å². The molecular formula is C14H16N4O4S. The molecule has 1 aromatic heterocycles. The third kappa shape index (κ3) is 3.06. The molecule has 0 atom stereocenters. The normalized spacial score (nSPS) is 14.3. The largest absolute Gasteiger partial charge is 0.325 e. The summed E-state index contributed by atoms with van der Waals surface area (Å²) in [5, 5.41) is 3.24. The summed E-state index contributed by atoms with van der Waals surface area (Å²) >= 11 is 0. The predicted octanol–water partition coefficient (Wildman–Crippen LogP) is -0.182. The van der Waals surface area contributed by atoms with Crippen LogP contribution >= 0.6 is 0 Å². The molecule has 0 fully saturated rings. The average molecular weight is 336 g/mol. The van der Waals surface area contributed by atoms with Crippen molar-refractivity contribution in [2.24, 2.45) is 0 Å². The third-order valence-electron chi connectivity index (χ3n) is 3.69. The van der Waals surface area contributed by atoms with Gasteiger partial charge < -0.3 is 10.3 Å². The zero-order valence-corrected chi connectivity index (χ0v) is 13.2. The summed E-state index contributed by atoms with van der Waals surface area (Å²) in [6.45, 7) is 2.95. The van der Waals surface area contributed by atoms with Crippen LogP contribution in [0.2, 0.25) is 0 Å². The Bertz CT molecular complexity index is 975. The SMILES string of the molecule is Cc1[nH]c(=O)[nH]c(=O)c1S(=O)(=O)Nc1ccc2c(c1)CCNC2. The number of benzene rings is 1. The number of H-pyrrole nitrogens is 2. The molecule has 2 heterocycles. The lowest BCUT2D eigenvalue weighted by Crippen LogP contribution is -2.31. The summed E-state index contributed by atoms with van der Waals surface area (Å²) in [6, 6.07) is 5.27. The summed E-state index contributed by atoms with van der Waals surface area (Å²) in [4.78, 5) is 26.7. The smallest absolute Gasteiger partial charge is 0.312 e. The molecule has 0 bridgehead atoms. The lowest BCUT2D eigenvalue weighted by molar-refractivity contribution is 0.598. The molecule has 0 radical (unpaired) electrons. The fourth-order valence-electron chi connectivity index (χ4n) is 2.66. The first kappa shape index (κ1) is 15.5. The summed E-state index contributed by atoms with van der Waals surface area (Å²) < 4.78 is 27.3. The van der Waals surface area contributed by atoms with Gasteiger partial charge in [0.2, 0.25) is 0 Å². The fourth-order valence-corrected chi connectivity index (χ4v) is 3.95. The average Bonchev–Trinajstić information content (AvgIpc) is 2.45. The third-order valence-corrected chi connectivity index (χ3v) is 5.22. The number of aromatic amines is 2. The van der Waals surface area contributed by atoms with Gasteiger partial charge in [0.15, 0.2) is 4.90 Å². The quantitative estimate of drug-likeness (QED) is 0.619. The second-order valence-corrected chi connectivity index (χ2v) is 7.00. The monoisotopic (exact) mass is 336 g/mol. The van der Waals surface area contributed by atoms with E-state index in [9.17, 15) is 18.0 Å². The number of rotatable bonds is 3. The second kappa shape index (κ2) is 5.67. The molecule has 0 amide bonds. The minimum absolute atomic E-state index is 0.00610. The lowest BCUT2D eigenvalue weighted by atomic mass is 10.0. The van der Waals surface area contributed by atoms with Crippen LogP contribution in [-0.4, -0.2) is 24.9 Å². The number of hydrogen-bond donors (Lipinski definition) is 4. The molecule has 23 heavy (non-hydrogen) atoms. The van der Waals surface area contributed by atoms with Crippen LogP contribution in [0.25, 0.3) is 0 Å². The van der Waals surface area contributed by atoms with Crippen LogP contribution in [0.4, 0.5) is 5.69 Å². The van der Waals surface area contributed by atoms with Crippen molar-refractivity contribution < 1.29 is 8.42 Å². The zero-order chi connectivity index (χ0) is 16.6. The number of fused-ring (bicyclic) bond motifs is 1. The van der Waals surface area contributed by atoms with Gasteiger partial charge in [-0.3, -0.25) is 14.5 Å². The Morgan fingerprint density at radius 2 is 1.91 bits per heavy atom. The van der Waals surface area contributed by atoms with E-state index in [4.69, 9.17) is 0 Å². The van der Waals surface area contributed by atoms with E-state index in [0.717, 1.165) is 30.6 Å². The first-order chi connectivity index (χ1) is 10.9. The van der Waals surface area contributed by atoms with Crippen molar-refractivity contribution in [3.8, 4) is 0 Å². The maximum absolute atomic E-state index is 12.5. The standard InChI is InChI=1S/C14H16N4O4S/c1-8-12(13(19)17-14(20)16-8)23(21,22)18-11-3-2-10-7-15-5-4-9(10)6-11/h2-3,6,15,18H,4-5,7H2,1H3,(H2,16,17,19,20). The Hall–Kier alpha value is -2.39. The Labute approximate surface area is 132 Å². The Morgan fingerprint density at radius 1 is 1.13 bits per heavy atom. The molecule has 4 N–H and O–H groups in total. The minimum Gasteiger partial charge on any atom is -0.312 e. The van der Waals surface area contributed by atoms with Crippen molar-refractivity contribution >= 4 is 15.7 Å². The molecule has 1 aliphatic heterocycles. The molecule has 0 aliphatic carbocycles. The molecule has 0 unspecified atom stereocenters. The van der Waals surface area contributed by atoms with Crippen LogP contribution in [0, 0.1) is 6.92 Å². The van der Waals surface area contributed by atoms with E-state index in [1.807, 2.05) is 11.1 Å². The van der Waals surface area contributed by atoms with Gasteiger partial charge in [-0.1, -0.05) is 6.07 Å². The Kier molecular flexibility index (Phi) is 3.82. The number of anilines is 1. The van der Waals surface area contributed by atoms with Crippen LogP contribution < -0.4 is 21.3 Å². The number of nitrogens with one attached hydrogen (secondary N) is 4. The number of hydrogen-bond acceptors (Lipinski definition) is 5. The van der Waals surface area contributed by atoms with Gasteiger partial charge in [0.1, 0.15) is 0 Å². The molecule has 0 saturated carbocycles. The van der Waals surface area contributed by atoms with Gasteiger partial charge in [-0.15, -0.1) is 0 Å². The summed E-state index contributed by atoms with van der Waals surface area (Å²) in [6.07, 6.45) is 0.809. The van der Waals surface area contributed by atoms with Gasteiger partial charge in [0, 0.05) is 17.9 Å². The van der Waals surface area contributed by atoms with Crippen molar-refractivity contribution in [2.75, 3.05) is 11.3 Å². The fraction of sp³-hybridized carbons (Fsp3) is 0.286. The second-order valence-electron chi connectivity index (χ2n) is 5.38. The first-order valence-electron chi connectivity index (χ1n) is 7.05. The van der Waals surface area contributed by atoms with E-state index in [2.05, 4.69) is 15.0 Å². The van der Waals surface area contributed by atoms with Crippen molar-refractivity contribution in [2.45, 2.75) is 24.8 Å². The molecular weight excluding hydrogens is 320 g/mol. The number of aryl methyl sites for hydroxylation is 1. The van der Waals surface area contributed by atoms with Crippen LogP contribution in [0.1, 0.15) is 16.8 Å². The van der Waals surface area contributed by atoms with E-state index >= 15 is 0 Å². The zero-order valence-electron chi connectivity index (χ0n) is 12.4. The molecule has 1 aromatic carbocycles. The van der Waals surface area contributed by atoms with Crippen molar-refractivity contribution in [3.05, 3.63) is 55.9 Å². The molecule has 8 nitrogen and oxygen atoms in total. The van der Waals surface area contributed by atoms with E-state index in [1.54, 1.807) is 12.1 Å². The number of sulfonamides is 1. The van der Waals surface area contributed by atoms with Crippen LogP contribution in [0.5, 0.6) is 0 Å². The van der Waals surface area contributed by atoms with Crippen LogP contribution in [-0.2, 0) is 23.0 Å². The predicted molar refractivity (Wildman–Crippen MR) is 85.1 cm³/mol. The molecule has 2 aromatic rings. The number of aromatic nitrogens is 2. The molecule has 9 heteroatoms. The van der Waals surface area contributed by atoms with E-state index < -0.39 is 26.2 Å². The van der Waals surface area contributed by atoms with E-state index in [-0.39, 0.29) is 5.69 Å². The summed E-state index contributed by atoms with van der Waals surface area (Å²) in [5.41, 5.74) is 0.881. The highest BCUT2D eigenvalue weighted by Gasteiger charge is 2.22. The molecule has 122 valence electrons. The summed E-state index contributed by atoms with van der Waals surface area (Å²) in [5.74, 6) is 0. The van der Waals surface area contributed by atoms with Gasteiger partial charge in [-0.05, 0) is 43.1 Å². The Morgan fingerprint density at radius 3 is 2.65 bits per heavy atom.